The molecular weight excluding hydrogens is 192 g/mol. The van der Waals surface area contributed by atoms with E-state index < -0.39 is 0 Å². The SMILES string of the molecule is C[C@@H]1CNC[C@H]1C(=O)NOC1CCCC1. The molecule has 2 rings (SSSR count). The van der Waals surface area contributed by atoms with E-state index in [4.69, 9.17) is 4.84 Å². The van der Waals surface area contributed by atoms with Gasteiger partial charge in [0.25, 0.3) is 0 Å². The highest BCUT2D eigenvalue weighted by Crippen LogP contribution is 2.21. The molecule has 4 heteroatoms. The molecule has 1 aliphatic heterocycles. The maximum Gasteiger partial charge on any atom is 0.248 e. The fourth-order valence-corrected chi connectivity index (χ4v) is 2.38. The summed E-state index contributed by atoms with van der Waals surface area (Å²) in [5.74, 6) is 0.531. The first-order valence-electron chi connectivity index (χ1n) is 5.93. The van der Waals surface area contributed by atoms with Crippen molar-refractivity contribution < 1.29 is 9.63 Å². The second kappa shape index (κ2) is 4.94. The minimum absolute atomic E-state index is 0.0411. The smallest absolute Gasteiger partial charge is 0.248 e. The van der Waals surface area contributed by atoms with E-state index in [1.165, 1.54) is 12.8 Å². The van der Waals surface area contributed by atoms with Crippen molar-refractivity contribution in [2.24, 2.45) is 11.8 Å². The van der Waals surface area contributed by atoms with E-state index in [0.29, 0.717) is 5.92 Å². The molecule has 86 valence electrons. The molecule has 15 heavy (non-hydrogen) atoms. The Morgan fingerprint density at radius 2 is 2.07 bits per heavy atom. The molecular formula is C11H20N2O2. The van der Waals surface area contributed by atoms with Crippen LogP contribution in [0.4, 0.5) is 0 Å². The lowest BCUT2D eigenvalue weighted by molar-refractivity contribution is -0.142. The zero-order valence-corrected chi connectivity index (χ0v) is 9.29. The average Bonchev–Trinajstić information content (AvgIpc) is 2.84. The van der Waals surface area contributed by atoms with Crippen molar-refractivity contribution in [3.63, 3.8) is 0 Å². The quantitative estimate of drug-likeness (QED) is 0.681. The highest BCUT2D eigenvalue weighted by atomic mass is 16.7. The summed E-state index contributed by atoms with van der Waals surface area (Å²) in [6.45, 7) is 3.81. The molecule has 0 aromatic heterocycles. The Bertz CT molecular complexity index is 227. The highest BCUT2D eigenvalue weighted by Gasteiger charge is 2.30. The summed E-state index contributed by atoms with van der Waals surface area (Å²) >= 11 is 0. The van der Waals surface area contributed by atoms with Crippen molar-refractivity contribution in [2.75, 3.05) is 13.1 Å². The highest BCUT2D eigenvalue weighted by molar-refractivity contribution is 5.78. The van der Waals surface area contributed by atoms with Gasteiger partial charge in [0.2, 0.25) is 5.91 Å². The number of rotatable bonds is 3. The number of carbonyl (C=O) groups excluding carboxylic acids is 1. The van der Waals surface area contributed by atoms with Crippen LogP contribution in [0.1, 0.15) is 32.6 Å². The topological polar surface area (TPSA) is 50.4 Å². The number of hydrogen-bond donors (Lipinski definition) is 2. The summed E-state index contributed by atoms with van der Waals surface area (Å²) in [5, 5.41) is 3.21. The Balaban J connectivity index is 1.71. The minimum Gasteiger partial charge on any atom is -0.316 e. The van der Waals surface area contributed by atoms with Gasteiger partial charge in [0.15, 0.2) is 0 Å². The van der Waals surface area contributed by atoms with Crippen LogP contribution in [0, 0.1) is 11.8 Å². The predicted molar refractivity (Wildman–Crippen MR) is 57.0 cm³/mol. The fourth-order valence-electron chi connectivity index (χ4n) is 2.38. The number of amides is 1. The van der Waals surface area contributed by atoms with Gasteiger partial charge >= 0.3 is 0 Å². The molecule has 0 radical (unpaired) electrons. The first-order chi connectivity index (χ1) is 7.27. The third-order valence-corrected chi connectivity index (χ3v) is 3.48. The molecule has 1 aliphatic carbocycles. The summed E-state index contributed by atoms with van der Waals surface area (Å²) in [4.78, 5) is 17.1. The molecule has 2 atom stereocenters. The second-order valence-corrected chi connectivity index (χ2v) is 4.73. The molecule has 2 fully saturated rings. The summed E-state index contributed by atoms with van der Waals surface area (Å²) in [7, 11) is 0. The van der Waals surface area contributed by atoms with E-state index >= 15 is 0 Å². The van der Waals surface area contributed by atoms with Crippen LogP contribution in [-0.4, -0.2) is 25.1 Å². The van der Waals surface area contributed by atoms with Crippen molar-refractivity contribution in [3.8, 4) is 0 Å². The van der Waals surface area contributed by atoms with Gasteiger partial charge in [-0.25, -0.2) is 5.48 Å². The van der Waals surface area contributed by atoms with E-state index in [1.807, 2.05) is 0 Å². The molecule has 0 spiro atoms. The molecule has 0 bridgehead atoms. The van der Waals surface area contributed by atoms with Crippen molar-refractivity contribution in [1.29, 1.82) is 0 Å². The maximum atomic E-state index is 11.7. The predicted octanol–water partition coefficient (Wildman–Crippen LogP) is 0.832. The average molecular weight is 212 g/mol. The molecule has 4 nitrogen and oxygen atoms in total. The fraction of sp³-hybridized carbons (Fsp3) is 0.909. The van der Waals surface area contributed by atoms with Crippen molar-refractivity contribution in [3.05, 3.63) is 0 Å². The van der Waals surface area contributed by atoms with Gasteiger partial charge in [-0.3, -0.25) is 9.63 Å². The second-order valence-electron chi connectivity index (χ2n) is 4.73. The van der Waals surface area contributed by atoms with Gasteiger partial charge in [-0.05, 0) is 25.3 Å². The monoisotopic (exact) mass is 212 g/mol. The molecule has 2 N–H and O–H groups in total. The van der Waals surface area contributed by atoms with Crippen LogP contribution in [0.5, 0.6) is 0 Å². The Labute approximate surface area is 90.7 Å². The van der Waals surface area contributed by atoms with Gasteiger partial charge in [0.05, 0.1) is 12.0 Å². The first-order valence-corrected chi connectivity index (χ1v) is 5.93. The van der Waals surface area contributed by atoms with E-state index in [-0.39, 0.29) is 17.9 Å². The van der Waals surface area contributed by atoms with Gasteiger partial charge in [0, 0.05) is 6.54 Å². The lowest BCUT2D eigenvalue weighted by Crippen LogP contribution is -2.36. The third-order valence-electron chi connectivity index (χ3n) is 3.48. The lowest BCUT2D eigenvalue weighted by Gasteiger charge is -2.16. The van der Waals surface area contributed by atoms with Crippen LogP contribution >= 0.6 is 0 Å². The van der Waals surface area contributed by atoms with Crippen molar-refractivity contribution >= 4 is 5.91 Å². The molecule has 2 aliphatic rings. The molecule has 0 unspecified atom stereocenters. The van der Waals surface area contributed by atoms with Crippen LogP contribution in [-0.2, 0) is 9.63 Å². The zero-order valence-electron chi connectivity index (χ0n) is 9.29. The molecule has 1 amide bonds. The van der Waals surface area contributed by atoms with E-state index in [2.05, 4.69) is 17.7 Å². The standard InChI is InChI=1S/C11H20N2O2/c1-8-6-12-7-10(8)11(14)13-15-9-4-2-3-5-9/h8-10,12H,2-7H2,1H3,(H,13,14)/t8-,10-/m1/s1. The van der Waals surface area contributed by atoms with E-state index in [0.717, 1.165) is 25.9 Å². The normalized spacial score (nSPS) is 32.1. The van der Waals surface area contributed by atoms with E-state index in [9.17, 15) is 4.79 Å². The van der Waals surface area contributed by atoms with Crippen LogP contribution in [0.3, 0.4) is 0 Å². The van der Waals surface area contributed by atoms with Gasteiger partial charge in [-0.1, -0.05) is 19.8 Å². The van der Waals surface area contributed by atoms with Gasteiger partial charge in [-0.15, -0.1) is 0 Å². The number of carbonyl (C=O) groups is 1. The van der Waals surface area contributed by atoms with Gasteiger partial charge < -0.3 is 5.32 Å². The Morgan fingerprint density at radius 1 is 1.33 bits per heavy atom. The van der Waals surface area contributed by atoms with Crippen molar-refractivity contribution in [1.82, 2.24) is 10.8 Å². The van der Waals surface area contributed by atoms with Crippen LogP contribution in [0.2, 0.25) is 0 Å². The number of hydroxylamine groups is 1. The number of nitrogens with one attached hydrogen (secondary N) is 2. The largest absolute Gasteiger partial charge is 0.316 e. The Hall–Kier alpha value is -0.610. The van der Waals surface area contributed by atoms with Gasteiger partial charge in [0.1, 0.15) is 0 Å². The molecule has 0 aromatic carbocycles. The summed E-state index contributed by atoms with van der Waals surface area (Å²) in [6, 6.07) is 0. The first kappa shape index (κ1) is 10.9. The maximum absolute atomic E-state index is 11.7. The summed E-state index contributed by atoms with van der Waals surface area (Å²) in [5.41, 5.74) is 2.62. The van der Waals surface area contributed by atoms with Crippen LogP contribution < -0.4 is 10.8 Å². The van der Waals surface area contributed by atoms with Crippen molar-refractivity contribution in [2.45, 2.75) is 38.7 Å². The molecule has 0 aromatic rings. The Morgan fingerprint density at radius 3 is 2.67 bits per heavy atom. The molecule has 1 saturated carbocycles. The van der Waals surface area contributed by atoms with Crippen LogP contribution in [0.15, 0.2) is 0 Å². The summed E-state index contributed by atoms with van der Waals surface area (Å²) in [6.07, 6.45) is 4.86. The van der Waals surface area contributed by atoms with Crippen LogP contribution in [0.25, 0.3) is 0 Å². The van der Waals surface area contributed by atoms with Gasteiger partial charge in [-0.2, -0.15) is 0 Å². The lowest BCUT2D eigenvalue weighted by atomic mass is 9.98. The zero-order chi connectivity index (χ0) is 10.7. The van der Waals surface area contributed by atoms with E-state index in [1.54, 1.807) is 0 Å². The third kappa shape index (κ3) is 2.69. The molecule has 1 saturated heterocycles. The summed E-state index contributed by atoms with van der Waals surface area (Å²) < 4.78 is 0. The minimum atomic E-state index is 0.0411. The number of hydrogen-bond acceptors (Lipinski definition) is 3. The molecule has 1 heterocycles. The Kier molecular flexibility index (Phi) is 3.59.